The fraction of sp³-hybridized carbons (Fsp3) is 0.700. The van der Waals surface area contributed by atoms with Gasteiger partial charge in [-0.3, -0.25) is 4.90 Å². The molecule has 2 fully saturated rings. The molecule has 1 aromatic carbocycles. The van der Waals surface area contributed by atoms with Gasteiger partial charge in [0.05, 0.1) is 26.9 Å². The van der Waals surface area contributed by atoms with Crippen LogP contribution in [0.4, 0.5) is 0 Å². The van der Waals surface area contributed by atoms with Gasteiger partial charge in [0.25, 0.3) is 0 Å². The molecule has 2 aliphatic rings. The molecule has 1 unspecified atom stereocenters. The van der Waals surface area contributed by atoms with Gasteiger partial charge in [0.15, 0.2) is 11.5 Å². The maximum absolute atomic E-state index is 9.93. The van der Waals surface area contributed by atoms with Gasteiger partial charge >= 0.3 is 0 Å². The molecule has 0 bridgehead atoms. The summed E-state index contributed by atoms with van der Waals surface area (Å²) in [5.74, 6) is 1.51. The first-order valence-corrected chi connectivity index (χ1v) is 9.45. The van der Waals surface area contributed by atoms with Crippen LogP contribution in [0.3, 0.4) is 0 Å². The Bertz CT molecular complexity index is 557. The van der Waals surface area contributed by atoms with Gasteiger partial charge in [-0.1, -0.05) is 12.5 Å². The van der Waals surface area contributed by atoms with E-state index in [-0.39, 0.29) is 11.8 Å². The summed E-state index contributed by atoms with van der Waals surface area (Å²) in [6, 6.07) is 6.04. The molecule has 3 rings (SSSR count). The summed E-state index contributed by atoms with van der Waals surface area (Å²) >= 11 is 0. The monoisotopic (exact) mass is 349 g/mol. The number of aliphatic hydroxyl groups excluding tert-OH is 1. The Morgan fingerprint density at radius 2 is 1.88 bits per heavy atom. The summed E-state index contributed by atoms with van der Waals surface area (Å²) in [4.78, 5) is 2.38. The molecule has 0 radical (unpaired) electrons. The lowest BCUT2D eigenvalue weighted by molar-refractivity contribution is -0.170. The van der Waals surface area contributed by atoms with E-state index in [1.54, 1.807) is 14.2 Å². The highest BCUT2D eigenvalue weighted by molar-refractivity contribution is 5.42. The first-order valence-electron chi connectivity index (χ1n) is 9.45. The van der Waals surface area contributed by atoms with Crippen molar-refractivity contribution in [3.05, 3.63) is 23.8 Å². The SMILES string of the molecule is COc1ccc(CCOC2(N3CCC(O)C3)CCCCC2)cc1OC. The zero-order valence-electron chi connectivity index (χ0n) is 15.5. The van der Waals surface area contributed by atoms with E-state index in [9.17, 15) is 5.11 Å². The lowest BCUT2D eigenvalue weighted by atomic mass is 9.90. The molecule has 1 heterocycles. The van der Waals surface area contributed by atoms with Crippen molar-refractivity contribution >= 4 is 0 Å². The van der Waals surface area contributed by atoms with Crippen LogP contribution >= 0.6 is 0 Å². The van der Waals surface area contributed by atoms with Crippen LogP contribution in [-0.2, 0) is 11.2 Å². The van der Waals surface area contributed by atoms with Gasteiger partial charge in [0.2, 0.25) is 0 Å². The minimum absolute atomic E-state index is 0.174. The number of hydrogen-bond acceptors (Lipinski definition) is 5. The van der Waals surface area contributed by atoms with Crippen molar-refractivity contribution in [2.24, 2.45) is 0 Å². The highest BCUT2D eigenvalue weighted by Gasteiger charge is 2.41. The number of hydrogen-bond donors (Lipinski definition) is 1. The normalized spacial score (nSPS) is 23.6. The Morgan fingerprint density at radius 3 is 2.52 bits per heavy atom. The van der Waals surface area contributed by atoms with Crippen LogP contribution in [0.5, 0.6) is 11.5 Å². The second-order valence-corrected chi connectivity index (χ2v) is 7.18. The molecule has 1 saturated heterocycles. The first-order chi connectivity index (χ1) is 12.2. The Labute approximate surface area is 150 Å². The highest BCUT2D eigenvalue weighted by Crippen LogP contribution is 2.37. The average Bonchev–Trinajstić information content (AvgIpc) is 3.09. The lowest BCUT2D eigenvalue weighted by Gasteiger charge is -2.44. The topological polar surface area (TPSA) is 51.2 Å². The summed E-state index contributed by atoms with van der Waals surface area (Å²) in [5.41, 5.74) is 1.01. The van der Waals surface area contributed by atoms with Crippen LogP contribution in [0.15, 0.2) is 18.2 Å². The van der Waals surface area contributed by atoms with Crippen LogP contribution in [0.2, 0.25) is 0 Å². The highest BCUT2D eigenvalue weighted by atomic mass is 16.5. The van der Waals surface area contributed by atoms with Crippen molar-refractivity contribution in [2.45, 2.75) is 56.8 Å². The molecule has 25 heavy (non-hydrogen) atoms. The van der Waals surface area contributed by atoms with Crippen LogP contribution in [0, 0.1) is 0 Å². The third-order valence-electron chi connectivity index (χ3n) is 5.58. The molecule has 0 spiro atoms. The summed E-state index contributed by atoms with van der Waals surface area (Å²) in [6.07, 6.45) is 7.37. The number of rotatable bonds is 7. The molecule has 1 N–H and O–H groups in total. The minimum Gasteiger partial charge on any atom is -0.493 e. The number of likely N-dealkylation sites (tertiary alicyclic amines) is 1. The zero-order valence-corrected chi connectivity index (χ0v) is 15.5. The number of methoxy groups -OCH3 is 2. The summed E-state index contributed by atoms with van der Waals surface area (Å²) < 4.78 is 17.2. The first kappa shape index (κ1) is 18.5. The largest absolute Gasteiger partial charge is 0.493 e. The molecule has 1 saturated carbocycles. The molecule has 0 amide bonds. The molecule has 1 aliphatic heterocycles. The second-order valence-electron chi connectivity index (χ2n) is 7.18. The number of nitrogens with zero attached hydrogens (tertiary/aromatic N) is 1. The van der Waals surface area contributed by atoms with E-state index in [1.165, 1.54) is 24.8 Å². The van der Waals surface area contributed by atoms with E-state index in [2.05, 4.69) is 11.0 Å². The van der Waals surface area contributed by atoms with Crippen molar-refractivity contribution < 1.29 is 19.3 Å². The van der Waals surface area contributed by atoms with Gasteiger partial charge in [0, 0.05) is 13.1 Å². The van der Waals surface area contributed by atoms with E-state index < -0.39 is 0 Å². The van der Waals surface area contributed by atoms with Crippen molar-refractivity contribution in [3.63, 3.8) is 0 Å². The van der Waals surface area contributed by atoms with Crippen LogP contribution in [0.25, 0.3) is 0 Å². The third kappa shape index (κ3) is 4.27. The van der Waals surface area contributed by atoms with Gasteiger partial charge in [-0.2, -0.15) is 0 Å². The molecular formula is C20H31NO4. The number of ether oxygens (including phenoxy) is 3. The fourth-order valence-electron chi connectivity index (χ4n) is 4.16. The van der Waals surface area contributed by atoms with E-state index >= 15 is 0 Å². The Morgan fingerprint density at radius 1 is 1.12 bits per heavy atom. The number of β-amino-alcohol motifs (C(OH)–C–C–N with tert-alkyl or cyclic N) is 1. The summed E-state index contributed by atoms with van der Waals surface area (Å²) in [6.45, 7) is 2.37. The summed E-state index contributed by atoms with van der Waals surface area (Å²) in [7, 11) is 3.31. The predicted octanol–water partition coefficient (Wildman–Crippen LogP) is 2.99. The van der Waals surface area contributed by atoms with Crippen molar-refractivity contribution in [2.75, 3.05) is 33.9 Å². The number of benzene rings is 1. The van der Waals surface area contributed by atoms with Gasteiger partial charge in [-0.25, -0.2) is 0 Å². The smallest absolute Gasteiger partial charge is 0.160 e. The van der Waals surface area contributed by atoms with Crippen LogP contribution in [-0.4, -0.2) is 55.8 Å². The fourth-order valence-corrected chi connectivity index (χ4v) is 4.16. The summed E-state index contributed by atoms with van der Waals surface area (Å²) in [5, 5.41) is 9.93. The van der Waals surface area contributed by atoms with Crippen LogP contribution < -0.4 is 9.47 Å². The molecule has 5 nitrogen and oxygen atoms in total. The maximum Gasteiger partial charge on any atom is 0.160 e. The van der Waals surface area contributed by atoms with Gasteiger partial charge < -0.3 is 19.3 Å². The molecule has 1 atom stereocenters. The Kier molecular flexibility index (Phi) is 6.20. The van der Waals surface area contributed by atoms with E-state index in [4.69, 9.17) is 14.2 Å². The molecule has 1 aliphatic carbocycles. The standard InChI is InChI=1S/C20H31NO4/c1-23-18-7-6-16(14-19(18)24-2)9-13-25-20(10-4-3-5-11-20)21-12-8-17(22)15-21/h6-7,14,17,22H,3-5,8-13,15H2,1-2H3. The maximum atomic E-state index is 9.93. The van der Waals surface area contributed by atoms with E-state index in [0.717, 1.165) is 50.3 Å². The third-order valence-corrected chi connectivity index (χ3v) is 5.58. The Balaban J connectivity index is 1.62. The number of aliphatic hydroxyl groups is 1. The van der Waals surface area contributed by atoms with Crippen molar-refractivity contribution in [1.29, 1.82) is 0 Å². The lowest BCUT2D eigenvalue weighted by Crippen LogP contribution is -2.51. The second kappa shape index (κ2) is 8.39. The van der Waals surface area contributed by atoms with Crippen LogP contribution in [0.1, 0.15) is 44.1 Å². The molecular weight excluding hydrogens is 318 g/mol. The molecule has 5 heteroatoms. The van der Waals surface area contributed by atoms with Gasteiger partial charge in [-0.05, 0) is 56.2 Å². The van der Waals surface area contributed by atoms with Gasteiger partial charge in [0.1, 0.15) is 5.72 Å². The minimum atomic E-state index is -0.201. The van der Waals surface area contributed by atoms with E-state index in [0.29, 0.717) is 6.61 Å². The Hall–Kier alpha value is -1.30. The molecule has 1 aromatic rings. The van der Waals surface area contributed by atoms with Crippen molar-refractivity contribution in [3.8, 4) is 11.5 Å². The van der Waals surface area contributed by atoms with E-state index in [1.807, 2.05) is 12.1 Å². The quantitative estimate of drug-likeness (QED) is 0.820. The van der Waals surface area contributed by atoms with Crippen molar-refractivity contribution in [1.82, 2.24) is 4.90 Å². The zero-order chi connectivity index (χ0) is 17.7. The predicted molar refractivity (Wildman–Crippen MR) is 97.2 cm³/mol. The van der Waals surface area contributed by atoms with Gasteiger partial charge in [-0.15, -0.1) is 0 Å². The molecule has 0 aromatic heterocycles. The molecule has 140 valence electrons. The average molecular weight is 349 g/mol.